The van der Waals surface area contributed by atoms with Crippen LogP contribution in [0.25, 0.3) is 0 Å². The van der Waals surface area contributed by atoms with Crippen LogP contribution in [0.15, 0.2) is 24.3 Å². The maximum Gasteiger partial charge on any atom is 0.276 e. The molecule has 2 fully saturated rings. The zero-order chi connectivity index (χ0) is 21.2. The van der Waals surface area contributed by atoms with E-state index in [4.69, 9.17) is 9.47 Å². The number of aromatic nitrogens is 3. The molecule has 3 heterocycles. The third kappa shape index (κ3) is 4.19. The molecule has 1 aromatic heterocycles. The van der Waals surface area contributed by atoms with Gasteiger partial charge in [0.15, 0.2) is 5.69 Å². The molecule has 1 aromatic carbocycles. The van der Waals surface area contributed by atoms with E-state index in [0.29, 0.717) is 24.9 Å². The minimum atomic E-state index is -0.109. The first-order valence-electron chi connectivity index (χ1n) is 11.4. The lowest BCUT2D eigenvalue weighted by Crippen LogP contribution is -2.52. The molecule has 0 radical (unpaired) electrons. The zero-order valence-electron chi connectivity index (χ0n) is 18.2. The molecule has 0 bridgehead atoms. The summed E-state index contributed by atoms with van der Waals surface area (Å²) < 4.78 is 13.1. The SMILES string of the molecule is COc1ccc([C@H]2Cn3nnc(C(=O)N4CCN(C5CCCCC5)CC4)c3CO2)cc1. The van der Waals surface area contributed by atoms with Gasteiger partial charge in [-0.2, -0.15) is 0 Å². The fraction of sp³-hybridized carbons (Fsp3) is 0.609. The van der Waals surface area contributed by atoms with E-state index in [1.165, 1.54) is 32.1 Å². The Kier molecular flexibility index (Phi) is 5.91. The average molecular weight is 426 g/mol. The Morgan fingerprint density at radius 2 is 1.81 bits per heavy atom. The van der Waals surface area contributed by atoms with Gasteiger partial charge >= 0.3 is 0 Å². The lowest BCUT2D eigenvalue weighted by molar-refractivity contribution is -0.00212. The predicted octanol–water partition coefficient (Wildman–Crippen LogP) is 2.65. The van der Waals surface area contributed by atoms with Crippen molar-refractivity contribution >= 4 is 5.91 Å². The molecule has 2 aromatic rings. The zero-order valence-corrected chi connectivity index (χ0v) is 18.2. The second-order valence-electron chi connectivity index (χ2n) is 8.76. The van der Waals surface area contributed by atoms with E-state index in [1.807, 2.05) is 33.8 Å². The van der Waals surface area contributed by atoms with Gasteiger partial charge in [0.2, 0.25) is 0 Å². The molecule has 1 atom stereocenters. The summed E-state index contributed by atoms with van der Waals surface area (Å²) in [5.74, 6) is 0.800. The lowest BCUT2D eigenvalue weighted by atomic mass is 9.94. The van der Waals surface area contributed by atoms with E-state index in [2.05, 4.69) is 15.2 Å². The summed E-state index contributed by atoms with van der Waals surface area (Å²) in [5.41, 5.74) is 2.29. The van der Waals surface area contributed by atoms with Crippen LogP contribution >= 0.6 is 0 Å². The molecule has 31 heavy (non-hydrogen) atoms. The summed E-state index contributed by atoms with van der Waals surface area (Å²) >= 11 is 0. The van der Waals surface area contributed by atoms with Crippen molar-refractivity contribution < 1.29 is 14.3 Å². The Hall–Kier alpha value is -2.45. The van der Waals surface area contributed by atoms with Gasteiger partial charge in [0, 0.05) is 32.2 Å². The van der Waals surface area contributed by atoms with E-state index >= 15 is 0 Å². The maximum atomic E-state index is 13.2. The number of methoxy groups -OCH3 is 1. The molecule has 8 nitrogen and oxygen atoms in total. The predicted molar refractivity (Wildman–Crippen MR) is 115 cm³/mol. The fourth-order valence-corrected chi connectivity index (χ4v) is 5.08. The van der Waals surface area contributed by atoms with Crippen LogP contribution in [0.4, 0.5) is 0 Å². The van der Waals surface area contributed by atoms with Gasteiger partial charge in [0.25, 0.3) is 5.91 Å². The highest BCUT2D eigenvalue weighted by Crippen LogP contribution is 2.29. The molecule has 8 heteroatoms. The highest BCUT2D eigenvalue weighted by Gasteiger charge is 2.32. The molecule has 2 aliphatic heterocycles. The van der Waals surface area contributed by atoms with Gasteiger partial charge in [-0.1, -0.05) is 36.6 Å². The second kappa shape index (κ2) is 8.96. The number of carbonyl (C=O) groups is 1. The van der Waals surface area contributed by atoms with Gasteiger partial charge in [0.05, 0.1) is 26.0 Å². The third-order valence-corrected chi connectivity index (χ3v) is 6.98. The van der Waals surface area contributed by atoms with Crippen LogP contribution in [0.5, 0.6) is 5.75 Å². The largest absolute Gasteiger partial charge is 0.497 e. The molecule has 0 unspecified atom stereocenters. The molecule has 1 aliphatic carbocycles. The van der Waals surface area contributed by atoms with Crippen LogP contribution in [-0.2, 0) is 17.9 Å². The Morgan fingerprint density at radius 1 is 1.06 bits per heavy atom. The summed E-state index contributed by atoms with van der Waals surface area (Å²) in [6, 6.07) is 8.57. The van der Waals surface area contributed by atoms with E-state index in [0.717, 1.165) is 43.2 Å². The number of carbonyl (C=O) groups excluding carboxylic acids is 1. The highest BCUT2D eigenvalue weighted by atomic mass is 16.5. The number of nitrogens with zero attached hydrogens (tertiary/aromatic N) is 5. The number of hydrogen-bond acceptors (Lipinski definition) is 6. The van der Waals surface area contributed by atoms with E-state index in [-0.39, 0.29) is 12.0 Å². The van der Waals surface area contributed by atoms with Crippen molar-refractivity contribution in [3.05, 3.63) is 41.2 Å². The first-order chi connectivity index (χ1) is 15.2. The molecule has 0 spiro atoms. The normalized spacial score (nSPS) is 22.9. The number of rotatable bonds is 4. The van der Waals surface area contributed by atoms with Crippen LogP contribution in [-0.4, -0.2) is 70.0 Å². The number of benzene rings is 1. The van der Waals surface area contributed by atoms with E-state index < -0.39 is 0 Å². The number of fused-ring (bicyclic) bond motifs is 1. The molecular weight excluding hydrogens is 394 g/mol. The molecule has 3 aliphatic rings. The minimum Gasteiger partial charge on any atom is -0.497 e. The average Bonchev–Trinajstić information content (AvgIpc) is 3.27. The van der Waals surface area contributed by atoms with Crippen molar-refractivity contribution in [2.75, 3.05) is 33.3 Å². The van der Waals surface area contributed by atoms with Gasteiger partial charge in [0.1, 0.15) is 11.9 Å². The van der Waals surface area contributed by atoms with Gasteiger partial charge in [-0.05, 0) is 30.5 Å². The van der Waals surface area contributed by atoms with Crippen molar-refractivity contribution in [1.29, 1.82) is 0 Å². The molecular formula is C23H31N5O3. The molecule has 0 N–H and O–H groups in total. The Balaban J connectivity index is 1.21. The van der Waals surface area contributed by atoms with Crippen molar-refractivity contribution in [3.8, 4) is 5.75 Å². The van der Waals surface area contributed by atoms with Crippen LogP contribution in [0.2, 0.25) is 0 Å². The number of hydrogen-bond donors (Lipinski definition) is 0. The van der Waals surface area contributed by atoms with Gasteiger partial charge < -0.3 is 14.4 Å². The summed E-state index contributed by atoms with van der Waals surface area (Å²) in [7, 11) is 1.65. The van der Waals surface area contributed by atoms with Crippen LogP contribution < -0.4 is 4.74 Å². The molecule has 166 valence electrons. The monoisotopic (exact) mass is 425 g/mol. The van der Waals surface area contributed by atoms with E-state index in [9.17, 15) is 4.79 Å². The summed E-state index contributed by atoms with van der Waals surface area (Å²) in [4.78, 5) is 17.7. The number of amides is 1. The van der Waals surface area contributed by atoms with Crippen LogP contribution in [0.3, 0.4) is 0 Å². The Labute approximate surface area is 183 Å². The summed E-state index contributed by atoms with van der Waals surface area (Å²) in [6.45, 7) is 4.32. The lowest BCUT2D eigenvalue weighted by Gasteiger charge is -2.40. The maximum absolute atomic E-state index is 13.2. The van der Waals surface area contributed by atoms with Crippen LogP contribution in [0, 0.1) is 0 Å². The first kappa shape index (κ1) is 20.5. The molecule has 1 saturated carbocycles. The molecule has 1 amide bonds. The van der Waals surface area contributed by atoms with Crippen molar-refractivity contribution in [3.63, 3.8) is 0 Å². The smallest absolute Gasteiger partial charge is 0.276 e. The van der Waals surface area contributed by atoms with Gasteiger partial charge in [-0.25, -0.2) is 4.68 Å². The Morgan fingerprint density at radius 3 is 2.52 bits per heavy atom. The third-order valence-electron chi connectivity index (χ3n) is 6.98. The topological polar surface area (TPSA) is 72.7 Å². The fourth-order valence-electron chi connectivity index (χ4n) is 5.08. The first-order valence-corrected chi connectivity index (χ1v) is 11.4. The quantitative estimate of drug-likeness (QED) is 0.750. The van der Waals surface area contributed by atoms with Crippen LogP contribution in [0.1, 0.15) is 60.0 Å². The van der Waals surface area contributed by atoms with Gasteiger partial charge in [-0.15, -0.1) is 5.10 Å². The van der Waals surface area contributed by atoms with Crippen molar-refractivity contribution in [2.45, 2.75) is 57.4 Å². The second-order valence-corrected chi connectivity index (χ2v) is 8.76. The molecule has 1 saturated heterocycles. The minimum absolute atomic E-state index is 0.0176. The van der Waals surface area contributed by atoms with Crippen molar-refractivity contribution in [2.24, 2.45) is 0 Å². The number of piperazine rings is 1. The van der Waals surface area contributed by atoms with E-state index in [1.54, 1.807) is 7.11 Å². The summed E-state index contributed by atoms with van der Waals surface area (Å²) in [6.07, 6.45) is 6.55. The van der Waals surface area contributed by atoms with Crippen molar-refractivity contribution in [1.82, 2.24) is 24.8 Å². The highest BCUT2D eigenvalue weighted by molar-refractivity contribution is 5.93. The number of ether oxygens (including phenoxy) is 2. The Bertz CT molecular complexity index is 898. The summed E-state index contributed by atoms with van der Waals surface area (Å²) in [5, 5.41) is 8.52. The molecule has 5 rings (SSSR count). The van der Waals surface area contributed by atoms with Gasteiger partial charge in [-0.3, -0.25) is 9.69 Å². The standard InChI is InChI=1S/C23H31N5O3/c1-30-19-9-7-17(8-10-19)21-15-28-20(16-31-21)22(24-25-28)23(29)27-13-11-26(12-14-27)18-5-3-2-4-6-18/h7-10,18,21H,2-6,11-16H2,1H3/t21-/m1/s1.